The summed E-state index contributed by atoms with van der Waals surface area (Å²) in [6.45, 7) is 3.99. The summed E-state index contributed by atoms with van der Waals surface area (Å²) in [4.78, 5) is 25.6. The summed E-state index contributed by atoms with van der Waals surface area (Å²) in [6.07, 6.45) is 2.14. The molecule has 0 heterocycles. The van der Waals surface area contributed by atoms with Gasteiger partial charge in [0.05, 0.1) is 20.8 Å². The number of hydrogen-bond acceptors (Lipinski definition) is 5. The van der Waals surface area contributed by atoms with E-state index < -0.39 is 11.9 Å². The van der Waals surface area contributed by atoms with Crippen molar-refractivity contribution >= 4 is 17.3 Å². The van der Waals surface area contributed by atoms with Gasteiger partial charge in [-0.3, -0.25) is 9.59 Å². The van der Waals surface area contributed by atoms with Gasteiger partial charge < -0.3 is 14.2 Å². The van der Waals surface area contributed by atoms with E-state index in [2.05, 4.69) is 6.07 Å². The average molecular weight is 394 g/mol. The maximum absolute atomic E-state index is 13.0. The number of ketones is 1. The van der Waals surface area contributed by atoms with Crippen LogP contribution in [0.2, 0.25) is 0 Å². The molecule has 1 aliphatic carbocycles. The van der Waals surface area contributed by atoms with Crippen molar-refractivity contribution in [3.63, 3.8) is 0 Å². The first-order valence-electron chi connectivity index (χ1n) is 9.68. The van der Waals surface area contributed by atoms with E-state index in [-0.39, 0.29) is 18.3 Å². The maximum Gasteiger partial charge on any atom is 0.317 e. The van der Waals surface area contributed by atoms with Crippen molar-refractivity contribution in [3.05, 3.63) is 65.2 Å². The molecule has 5 nitrogen and oxygen atoms in total. The summed E-state index contributed by atoms with van der Waals surface area (Å²) in [5, 5.41) is 0. The highest BCUT2D eigenvalue weighted by molar-refractivity contribution is 6.10. The molecule has 2 aromatic carbocycles. The normalized spacial score (nSPS) is 18.8. The fraction of sp³-hybridized carbons (Fsp3) is 0.333. The SMILES string of the molecule is CCOC(=O)[C@H]1C(=O)C=C(c2cccc(C)c2)C[C@H]1c1ccc(OC)c(OC)c1. The summed E-state index contributed by atoms with van der Waals surface area (Å²) >= 11 is 0. The molecule has 0 spiro atoms. The first kappa shape index (κ1) is 20.6. The Morgan fingerprint density at radius 3 is 2.48 bits per heavy atom. The fourth-order valence-corrected chi connectivity index (χ4v) is 3.83. The number of carbonyl (C=O) groups is 2. The Bertz CT molecular complexity index is 944. The zero-order valence-electron chi connectivity index (χ0n) is 17.2. The molecule has 1 aliphatic rings. The van der Waals surface area contributed by atoms with Gasteiger partial charge in [0, 0.05) is 5.92 Å². The van der Waals surface area contributed by atoms with Crippen LogP contribution in [0.1, 0.15) is 36.0 Å². The van der Waals surface area contributed by atoms with Crippen LogP contribution in [0, 0.1) is 12.8 Å². The molecule has 0 amide bonds. The molecular formula is C24H26O5. The van der Waals surface area contributed by atoms with Gasteiger partial charge in [-0.1, -0.05) is 35.9 Å². The van der Waals surface area contributed by atoms with Crippen molar-refractivity contribution in [3.8, 4) is 11.5 Å². The summed E-state index contributed by atoms with van der Waals surface area (Å²) in [5.74, 6) is -0.779. The van der Waals surface area contributed by atoms with E-state index in [0.717, 1.165) is 22.3 Å². The number of carbonyl (C=O) groups excluding carboxylic acids is 2. The van der Waals surface area contributed by atoms with Gasteiger partial charge in [-0.2, -0.15) is 0 Å². The fourth-order valence-electron chi connectivity index (χ4n) is 3.83. The Morgan fingerprint density at radius 2 is 1.83 bits per heavy atom. The van der Waals surface area contributed by atoms with Crippen LogP contribution in [0.3, 0.4) is 0 Å². The van der Waals surface area contributed by atoms with Crippen molar-refractivity contribution in [2.45, 2.75) is 26.2 Å². The van der Waals surface area contributed by atoms with Gasteiger partial charge in [-0.25, -0.2) is 0 Å². The zero-order valence-corrected chi connectivity index (χ0v) is 17.2. The Balaban J connectivity index is 2.06. The third-order valence-corrected chi connectivity index (χ3v) is 5.23. The summed E-state index contributed by atoms with van der Waals surface area (Å²) in [7, 11) is 3.14. The van der Waals surface area contributed by atoms with Crippen molar-refractivity contribution in [2.24, 2.45) is 5.92 Å². The van der Waals surface area contributed by atoms with Crippen molar-refractivity contribution in [2.75, 3.05) is 20.8 Å². The molecule has 0 unspecified atom stereocenters. The minimum atomic E-state index is -0.874. The first-order chi connectivity index (χ1) is 14.0. The molecule has 2 aromatic rings. The third kappa shape index (κ3) is 4.34. The largest absolute Gasteiger partial charge is 0.493 e. The van der Waals surface area contributed by atoms with Gasteiger partial charge >= 0.3 is 5.97 Å². The van der Waals surface area contributed by atoms with E-state index in [1.807, 2.05) is 37.3 Å². The number of ether oxygens (including phenoxy) is 3. The minimum Gasteiger partial charge on any atom is -0.493 e. The lowest BCUT2D eigenvalue weighted by atomic mass is 9.73. The second-order valence-electron chi connectivity index (χ2n) is 7.10. The molecule has 0 radical (unpaired) electrons. The van der Waals surface area contributed by atoms with Crippen molar-refractivity contribution in [1.29, 1.82) is 0 Å². The second kappa shape index (κ2) is 8.95. The number of benzene rings is 2. The lowest BCUT2D eigenvalue weighted by molar-refractivity contribution is -0.151. The van der Waals surface area contributed by atoms with Crippen molar-refractivity contribution in [1.82, 2.24) is 0 Å². The quantitative estimate of drug-likeness (QED) is 0.539. The van der Waals surface area contributed by atoms with Gasteiger partial charge in [0.2, 0.25) is 0 Å². The molecule has 0 bridgehead atoms. The Morgan fingerprint density at radius 1 is 1.07 bits per heavy atom. The molecule has 0 N–H and O–H groups in total. The molecule has 0 saturated carbocycles. The predicted octanol–water partition coefficient (Wildman–Crippen LogP) is 4.33. The molecule has 0 saturated heterocycles. The number of rotatable bonds is 6. The Labute approximate surface area is 171 Å². The molecular weight excluding hydrogens is 368 g/mol. The Kier molecular flexibility index (Phi) is 6.37. The molecule has 0 aliphatic heterocycles. The van der Waals surface area contributed by atoms with Gasteiger partial charge in [0.25, 0.3) is 0 Å². The van der Waals surface area contributed by atoms with Crippen LogP contribution in [0.25, 0.3) is 5.57 Å². The smallest absolute Gasteiger partial charge is 0.317 e. The van der Waals surface area contributed by atoms with E-state index in [0.29, 0.717) is 17.9 Å². The van der Waals surface area contributed by atoms with Gasteiger partial charge in [0.1, 0.15) is 5.92 Å². The van der Waals surface area contributed by atoms with E-state index in [4.69, 9.17) is 14.2 Å². The van der Waals surface area contributed by atoms with Crippen molar-refractivity contribution < 1.29 is 23.8 Å². The monoisotopic (exact) mass is 394 g/mol. The zero-order chi connectivity index (χ0) is 21.0. The molecule has 2 atom stereocenters. The number of methoxy groups -OCH3 is 2. The molecule has 3 rings (SSSR count). The molecule has 5 heteroatoms. The van der Waals surface area contributed by atoms with Crippen LogP contribution in [-0.2, 0) is 14.3 Å². The molecule has 152 valence electrons. The highest BCUT2D eigenvalue weighted by atomic mass is 16.5. The first-order valence-corrected chi connectivity index (χ1v) is 9.68. The predicted molar refractivity (Wildman–Crippen MR) is 111 cm³/mol. The molecule has 0 aromatic heterocycles. The standard InChI is InChI=1S/C24H26O5/c1-5-29-24(26)23-19(17-9-10-21(27-3)22(14-17)28-4)12-18(13-20(23)25)16-8-6-7-15(2)11-16/h6-11,13-14,19,23H,5,12H2,1-4H3/t19-,23+/m0/s1. The lowest BCUT2D eigenvalue weighted by Gasteiger charge is -2.30. The van der Waals surface area contributed by atoms with E-state index in [1.54, 1.807) is 33.3 Å². The number of aryl methyl sites for hydroxylation is 1. The topological polar surface area (TPSA) is 61.8 Å². The van der Waals surface area contributed by atoms with Crippen LogP contribution >= 0.6 is 0 Å². The van der Waals surface area contributed by atoms with Gasteiger partial charge in [-0.15, -0.1) is 0 Å². The summed E-state index contributed by atoms with van der Waals surface area (Å²) in [5.41, 5.74) is 3.86. The highest BCUT2D eigenvalue weighted by Crippen LogP contribution is 2.42. The van der Waals surface area contributed by atoms with E-state index >= 15 is 0 Å². The number of esters is 1. The minimum absolute atomic E-state index is 0.231. The molecule has 0 fully saturated rings. The van der Waals surface area contributed by atoms with Crippen LogP contribution in [-0.4, -0.2) is 32.6 Å². The van der Waals surface area contributed by atoms with Gasteiger partial charge in [0.15, 0.2) is 17.3 Å². The van der Waals surface area contributed by atoms with E-state index in [1.165, 1.54) is 0 Å². The van der Waals surface area contributed by atoms with Gasteiger partial charge in [-0.05, 0) is 55.2 Å². The third-order valence-electron chi connectivity index (χ3n) is 5.23. The lowest BCUT2D eigenvalue weighted by Crippen LogP contribution is -2.34. The Hall–Kier alpha value is -3.08. The number of hydrogen-bond donors (Lipinski definition) is 0. The maximum atomic E-state index is 13.0. The molecule has 29 heavy (non-hydrogen) atoms. The number of allylic oxidation sites excluding steroid dienone is 2. The van der Waals surface area contributed by atoms with Crippen LogP contribution in [0.15, 0.2) is 48.5 Å². The average Bonchev–Trinajstić information content (AvgIpc) is 2.72. The second-order valence-corrected chi connectivity index (χ2v) is 7.10. The van der Waals surface area contributed by atoms with Crippen LogP contribution < -0.4 is 9.47 Å². The van der Waals surface area contributed by atoms with E-state index in [9.17, 15) is 9.59 Å². The van der Waals surface area contributed by atoms with Crippen LogP contribution in [0.4, 0.5) is 0 Å². The summed E-state index contributed by atoms with van der Waals surface area (Å²) < 4.78 is 16.0. The highest BCUT2D eigenvalue weighted by Gasteiger charge is 2.40. The van der Waals surface area contributed by atoms with Crippen LogP contribution in [0.5, 0.6) is 11.5 Å². The summed E-state index contributed by atoms with van der Waals surface area (Å²) in [6, 6.07) is 13.5.